The lowest BCUT2D eigenvalue weighted by molar-refractivity contribution is -0.119. The Hall–Kier alpha value is -3.65. The predicted molar refractivity (Wildman–Crippen MR) is 125 cm³/mol. The summed E-state index contributed by atoms with van der Waals surface area (Å²) in [6.07, 6.45) is 0.739. The molecule has 1 heterocycles. The zero-order chi connectivity index (χ0) is 20.1. The standard InChI is InChI=1S/C28H21NO/c30-28-17-29-27-8-4-3-7-25(27)26(28)16-18-9-12-22-20(15-18)11-14-23-21-6-2-1-5-19(21)10-13-24(22)23/h1-15,26,29H,16-17H2. The van der Waals surface area contributed by atoms with E-state index in [9.17, 15) is 4.79 Å². The van der Waals surface area contributed by atoms with Crippen LogP contribution in [0.15, 0.2) is 91.0 Å². The van der Waals surface area contributed by atoms with Gasteiger partial charge in [-0.2, -0.15) is 0 Å². The molecular formula is C28H21NO. The molecule has 0 fully saturated rings. The molecule has 1 N–H and O–H groups in total. The molecular weight excluding hydrogens is 366 g/mol. The molecule has 0 saturated heterocycles. The van der Waals surface area contributed by atoms with Crippen LogP contribution in [0.5, 0.6) is 0 Å². The van der Waals surface area contributed by atoms with E-state index in [1.54, 1.807) is 0 Å². The van der Waals surface area contributed by atoms with Gasteiger partial charge in [-0.05, 0) is 55.9 Å². The zero-order valence-electron chi connectivity index (χ0n) is 16.6. The predicted octanol–water partition coefficient (Wildman–Crippen LogP) is 6.47. The van der Waals surface area contributed by atoms with Crippen molar-refractivity contribution in [2.75, 3.05) is 11.9 Å². The first-order chi connectivity index (χ1) is 14.8. The van der Waals surface area contributed by atoms with Crippen molar-refractivity contribution >= 4 is 43.8 Å². The first-order valence-corrected chi connectivity index (χ1v) is 10.5. The van der Waals surface area contributed by atoms with Crippen LogP contribution in [-0.4, -0.2) is 12.3 Å². The van der Waals surface area contributed by atoms with E-state index in [2.05, 4.69) is 84.2 Å². The van der Waals surface area contributed by atoms with E-state index < -0.39 is 0 Å². The summed E-state index contributed by atoms with van der Waals surface area (Å²) in [5.41, 5.74) is 3.40. The third-order valence-corrected chi connectivity index (χ3v) is 6.42. The lowest BCUT2D eigenvalue weighted by Crippen LogP contribution is -2.29. The summed E-state index contributed by atoms with van der Waals surface area (Å²) in [5, 5.41) is 10.9. The molecule has 0 saturated carbocycles. The number of ketones is 1. The number of nitrogens with one attached hydrogen (secondary N) is 1. The average molecular weight is 387 g/mol. The van der Waals surface area contributed by atoms with Crippen molar-refractivity contribution in [2.24, 2.45) is 0 Å². The van der Waals surface area contributed by atoms with Gasteiger partial charge in [0, 0.05) is 5.69 Å². The zero-order valence-corrected chi connectivity index (χ0v) is 16.6. The number of fused-ring (bicyclic) bond motifs is 6. The maximum Gasteiger partial charge on any atom is 0.159 e. The first kappa shape index (κ1) is 17.2. The third kappa shape index (κ3) is 2.68. The van der Waals surface area contributed by atoms with Gasteiger partial charge in [0.2, 0.25) is 0 Å². The van der Waals surface area contributed by atoms with Crippen molar-refractivity contribution < 1.29 is 4.79 Å². The van der Waals surface area contributed by atoms with Gasteiger partial charge in [-0.3, -0.25) is 4.79 Å². The first-order valence-electron chi connectivity index (χ1n) is 10.5. The van der Waals surface area contributed by atoms with Crippen molar-refractivity contribution in [3.05, 3.63) is 102 Å². The van der Waals surface area contributed by atoms with Gasteiger partial charge in [0.15, 0.2) is 5.78 Å². The van der Waals surface area contributed by atoms with Gasteiger partial charge in [-0.15, -0.1) is 0 Å². The molecule has 0 bridgehead atoms. The van der Waals surface area contributed by atoms with E-state index >= 15 is 0 Å². The van der Waals surface area contributed by atoms with Crippen LogP contribution in [0.4, 0.5) is 5.69 Å². The molecule has 0 spiro atoms. The van der Waals surface area contributed by atoms with Crippen LogP contribution in [0.2, 0.25) is 0 Å². The van der Waals surface area contributed by atoms with Gasteiger partial charge in [-0.25, -0.2) is 0 Å². The fourth-order valence-corrected chi connectivity index (χ4v) is 4.91. The molecule has 2 heteroatoms. The Morgan fingerprint density at radius 2 is 1.40 bits per heavy atom. The van der Waals surface area contributed by atoms with Gasteiger partial charge in [0.1, 0.15) is 0 Å². The van der Waals surface area contributed by atoms with Gasteiger partial charge in [0.05, 0.1) is 12.5 Å². The molecule has 2 nitrogen and oxygen atoms in total. The molecule has 0 aliphatic carbocycles. The molecule has 6 rings (SSSR count). The minimum atomic E-state index is -0.0794. The maximum absolute atomic E-state index is 12.7. The largest absolute Gasteiger partial charge is 0.378 e. The quantitative estimate of drug-likeness (QED) is 0.352. The average Bonchev–Trinajstić information content (AvgIpc) is 2.80. The molecule has 144 valence electrons. The van der Waals surface area contributed by atoms with Crippen LogP contribution < -0.4 is 5.32 Å². The van der Waals surface area contributed by atoms with E-state index in [1.807, 2.05) is 12.1 Å². The number of rotatable bonds is 2. The Morgan fingerprint density at radius 3 is 2.30 bits per heavy atom. The monoisotopic (exact) mass is 387 g/mol. The Kier molecular flexibility index (Phi) is 3.85. The number of Topliss-reactive ketones (excluding diaryl/α,β-unsaturated/α-hetero) is 1. The van der Waals surface area contributed by atoms with Crippen LogP contribution in [-0.2, 0) is 11.2 Å². The van der Waals surface area contributed by atoms with Gasteiger partial charge in [-0.1, -0.05) is 84.9 Å². The molecule has 1 aliphatic heterocycles. The summed E-state index contributed by atoms with van der Waals surface area (Å²) in [7, 11) is 0. The van der Waals surface area contributed by atoms with E-state index in [1.165, 1.54) is 37.9 Å². The van der Waals surface area contributed by atoms with Crippen LogP contribution >= 0.6 is 0 Å². The number of benzene rings is 5. The maximum atomic E-state index is 12.7. The molecule has 5 aromatic rings. The van der Waals surface area contributed by atoms with Gasteiger partial charge < -0.3 is 5.32 Å². The second-order valence-electron chi connectivity index (χ2n) is 8.17. The summed E-state index contributed by atoms with van der Waals surface area (Å²) in [6, 6.07) is 32.2. The smallest absolute Gasteiger partial charge is 0.159 e. The van der Waals surface area contributed by atoms with Crippen molar-refractivity contribution in [2.45, 2.75) is 12.3 Å². The summed E-state index contributed by atoms with van der Waals surface area (Å²) in [6.45, 7) is 0.410. The number of carbonyl (C=O) groups is 1. The van der Waals surface area contributed by atoms with Crippen LogP contribution in [0.25, 0.3) is 32.3 Å². The van der Waals surface area contributed by atoms with Crippen LogP contribution in [0.1, 0.15) is 17.0 Å². The fourth-order valence-electron chi connectivity index (χ4n) is 4.91. The molecule has 30 heavy (non-hydrogen) atoms. The topological polar surface area (TPSA) is 29.1 Å². The van der Waals surface area contributed by atoms with Crippen molar-refractivity contribution in [3.8, 4) is 0 Å². The Bertz CT molecular complexity index is 1450. The number of para-hydroxylation sites is 1. The highest BCUT2D eigenvalue weighted by Gasteiger charge is 2.27. The molecule has 0 radical (unpaired) electrons. The second kappa shape index (κ2) is 6.70. The van der Waals surface area contributed by atoms with Gasteiger partial charge >= 0.3 is 0 Å². The number of carbonyl (C=O) groups excluding carboxylic acids is 1. The minimum Gasteiger partial charge on any atom is -0.378 e. The highest BCUT2D eigenvalue weighted by atomic mass is 16.1. The molecule has 1 atom stereocenters. The number of anilines is 1. The minimum absolute atomic E-state index is 0.0794. The third-order valence-electron chi connectivity index (χ3n) is 6.42. The summed E-state index contributed by atoms with van der Waals surface area (Å²) in [4.78, 5) is 12.7. The molecule has 1 aliphatic rings. The van der Waals surface area contributed by atoms with E-state index in [0.717, 1.165) is 17.7 Å². The van der Waals surface area contributed by atoms with E-state index in [4.69, 9.17) is 0 Å². The molecule has 0 amide bonds. The van der Waals surface area contributed by atoms with E-state index in [0.29, 0.717) is 6.54 Å². The van der Waals surface area contributed by atoms with Gasteiger partial charge in [0.25, 0.3) is 0 Å². The highest BCUT2D eigenvalue weighted by molar-refractivity contribution is 6.17. The number of hydrogen-bond donors (Lipinski definition) is 1. The molecule has 1 unspecified atom stereocenters. The van der Waals surface area contributed by atoms with Crippen molar-refractivity contribution in [1.29, 1.82) is 0 Å². The summed E-state index contributed by atoms with van der Waals surface area (Å²) < 4.78 is 0. The lowest BCUT2D eigenvalue weighted by atomic mass is 9.84. The van der Waals surface area contributed by atoms with E-state index in [-0.39, 0.29) is 11.7 Å². The Balaban J connectivity index is 1.44. The SMILES string of the molecule is O=C1CNc2ccccc2C1Cc1ccc2c(ccc3c4ccccc4ccc23)c1. The van der Waals surface area contributed by atoms with Crippen LogP contribution in [0.3, 0.4) is 0 Å². The Morgan fingerprint density at radius 1 is 0.700 bits per heavy atom. The molecule has 0 aromatic heterocycles. The van der Waals surface area contributed by atoms with Crippen LogP contribution in [0, 0.1) is 0 Å². The molecule has 5 aromatic carbocycles. The normalized spacial score (nSPS) is 16.0. The van der Waals surface area contributed by atoms with Crippen molar-refractivity contribution in [1.82, 2.24) is 0 Å². The summed E-state index contributed by atoms with van der Waals surface area (Å²) >= 11 is 0. The Labute approximate surface area is 175 Å². The fraction of sp³-hybridized carbons (Fsp3) is 0.107. The summed E-state index contributed by atoms with van der Waals surface area (Å²) in [5.74, 6) is 0.183. The highest BCUT2D eigenvalue weighted by Crippen LogP contribution is 2.35. The van der Waals surface area contributed by atoms with Crippen molar-refractivity contribution in [3.63, 3.8) is 0 Å². The lowest BCUT2D eigenvalue weighted by Gasteiger charge is -2.25. The second-order valence-corrected chi connectivity index (χ2v) is 8.17. The number of hydrogen-bond acceptors (Lipinski definition) is 2.